The van der Waals surface area contributed by atoms with Gasteiger partial charge in [0.2, 0.25) is 0 Å². The predicted octanol–water partition coefficient (Wildman–Crippen LogP) is 2.93. The number of aliphatic hydroxyl groups is 1. The van der Waals surface area contributed by atoms with Crippen molar-refractivity contribution in [3.63, 3.8) is 0 Å². The van der Waals surface area contributed by atoms with Gasteiger partial charge in [0.25, 0.3) is 0 Å². The van der Waals surface area contributed by atoms with Crippen LogP contribution in [0.4, 0.5) is 10.1 Å². The fraction of sp³-hybridized carbons (Fsp3) is 0.250. The molecule has 0 saturated carbocycles. The van der Waals surface area contributed by atoms with Crippen LogP contribution in [0.2, 0.25) is 10.0 Å². The highest BCUT2D eigenvalue weighted by Gasteiger charge is 2.07. The molecule has 0 atom stereocenters. The molecular weight excluding hydrogens is 292 g/mol. The van der Waals surface area contributed by atoms with Gasteiger partial charge < -0.3 is 10.4 Å². The Labute approximate surface area is 119 Å². The summed E-state index contributed by atoms with van der Waals surface area (Å²) in [7, 11) is 0. The molecule has 0 spiro atoms. The molecule has 4 nitrogen and oxygen atoms in total. The normalized spacial score (nSPS) is 10.7. The second-order valence-corrected chi connectivity index (χ2v) is 4.76. The Hall–Kier alpha value is -1.30. The van der Waals surface area contributed by atoms with Crippen molar-refractivity contribution >= 4 is 28.9 Å². The van der Waals surface area contributed by atoms with E-state index in [-0.39, 0.29) is 16.7 Å². The summed E-state index contributed by atoms with van der Waals surface area (Å²) in [5, 5.41) is 15.9. The Balaban J connectivity index is 2.01. The molecule has 2 rings (SSSR count). The van der Waals surface area contributed by atoms with E-state index in [4.69, 9.17) is 28.3 Å². The quantitative estimate of drug-likeness (QED) is 0.835. The average Bonchev–Trinajstić information content (AvgIpc) is 2.81. The van der Waals surface area contributed by atoms with E-state index in [1.807, 2.05) is 6.20 Å². The number of nitrogens with one attached hydrogen (secondary N) is 1. The Bertz CT molecular complexity index is 551. The molecule has 0 aliphatic rings. The first-order chi connectivity index (χ1) is 9.10. The van der Waals surface area contributed by atoms with Crippen molar-refractivity contribution in [2.24, 2.45) is 0 Å². The summed E-state index contributed by atoms with van der Waals surface area (Å²) in [6, 6.07) is 2.95. The number of nitrogens with zero attached hydrogens (tertiary/aromatic N) is 2. The van der Waals surface area contributed by atoms with Crippen LogP contribution in [-0.2, 0) is 13.1 Å². The molecule has 0 amide bonds. The lowest BCUT2D eigenvalue weighted by Gasteiger charge is -2.07. The minimum Gasteiger partial charge on any atom is -0.394 e. The van der Waals surface area contributed by atoms with Gasteiger partial charge in [-0.1, -0.05) is 23.2 Å². The van der Waals surface area contributed by atoms with E-state index in [0.29, 0.717) is 18.8 Å². The molecule has 1 heterocycles. The van der Waals surface area contributed by atoms with Crippen LogP contribution in [0.5, 0.6) is 0 Å². The van der Waals surface area contributed by atoms with Crippen LogP contribution in [0.25, 0.3) is 0 Å². The van der Waals surface area contributed by atoms with E-state index in [2.05, 4.69) is 10.4 Å². The third kappa shape index (κ3) is 3.59. The third-order valence-corrected chi connectivity index (χ3v) is 3.05. The summed E-state index contributed by atoms with van der Waals surface area (Å²) in [6.07, 6.45) is 3.51. The minimum atomic E-state index is -0.621. The van der Waals surface area contributed by atoms with Crippen LogP contribution < -0.4 is 5.32 Å². The van der Waals surface area contributed by atoms with Crippen molar-refractivity contribution in [2.45, 2.75) is 13.1 Å². The summed E-state index contributed by atoms with van der Waals surface area (Å²) in [4.78, 5) is 0. The van der Waals surface area contributed by atoms with Crippen molar-refractivity contribution in [1.82, 2.24) is 9.78 Å². The highest BCUT2D eigenvalue weighted by Crippen LogP contribution is 2.27. The molecule has 102 valence electrons. The van der Waals surface area contributed by atoms with E-state index in [9.17, 15) is 4.39 Å². The molecule has 2 aromatic rings. The van der Waals surface area contributed by atoms with E-state index in [1.165, 1.54) is 12.1 Å². The monoisotopic (exact) mass is 303 g/mol. The molecular formula is C12H12Cl2FN3O. The van der Waals surface area contributed by atoms with Gasteiger partial charge in [-0.3, -0.25) is 4.68 Å². The molecule has 0 unspecified atom stereocenters. The van der Waals surface area contributed by atoms with E-state index in [1.54, 1.807) is 10.9 Å². The zero-order chi connectivity index (χ0) is 13.8. The number of halogens is 3. The van der Waals surface area contributed by atoms with Crippen molar-refractivity contribution in [3.8, 4) is 0 Å². The topological polar surface area (TPSA) is 50.1 Å². The van der Waals surface area contributed by atoms with Gasteiger partial charge >= 0.3 is 0 Å². The van der Waals surface area contributed by atoms with Crippen LogP contribution in [0.1, 0.15) is 5.56 Å². The van der Waals surface area contributed by atoms with Crippen molar-refractivity contribution < 1.29 is 9.50 Å². The summed E-state index contributed by atoms with van der Waals surface area (Å²) in [6.45, 7) is 0.996. The van der Waals surface area contributed by atoms with Crippen molar-refractivity contribution in [1.29, 1.82) is 0 Å². The van der Waals surface area contributed by atoms with Gasteiger partial charge in [-0.05, 0) is 12.1 Å². The summed E-state index contributed by atoms with van der Waals surface area (Å²) in [5.41, 5.74) is 1.57. The summed E-state index contributed by atoms with van der Waals surface area (Å²) in [5.74, 6) is -0.621. The molecule has 0 aliphatic carbocycles. The van der Waals surface area contributed by atoms with Crippen LogP contribution in [0.15, 0.2) is 24.5 Å². The van der Waals surface area contributed by atoms with Crippen LogP contribution in [0.3, 0.4) is 0 Å². The maximum absolute atomic E-state index is 13.2. The zero-order valence-corrected chi connectivity index (χ0v) is 11.4. The zero-order valence-electron chi connectivity index (χ0n) is 9.91. The molecule has 0 aliphatic heterocycles. The van der Waals surface area contributed by atoms with Gasteiger partial charge in [0, 0.05) is 24.0 Å². The number of hydrogen-bond donors (Lipinski definition) is 2. The maximum atomic E-state index is 13.2. The standard InChI is InChI=1S/C12H12Cl2FN3O/c13-10-3-9(4-11(14)12(10)15)16-5-8-6-17-18(7-8)1-2-19/h3-4,6-7,16,19H,1-2,5H2. The van der Waals surface area contributed by atoms with Gasteiger partial charge in [-0.2, -0.15) is 5.10 Å². The predicted molar refractivity (Wildman–Crippen MR) is 73.1 cm³/mol. The van der Waals surface area contributed by atoms with E-state index in [0.717, 1.165) is 5.56 Å². The molecule has 0 saturated heterocycles. The largest absolute Gasteiger partial charge is 0.394 e. The first-order valence-electron chi connectivity index (χ1n) is 5.60. The maximum Gasteiger partial charge on any atom is 0.160 e. The van der Waals surface area contributed by atoms with Gasteiger partial charge in [0.1, 0.15) is 0 Å². The molecule has 1 aromatic heterocycles. The highest BCUT2D eigenvalue weighted by atomic mass is 35.5. The number of aliphatic hydroxyl groups excluding tert-OH is 1. The van der Waals surface area contributed by atoms with Gasteiger partial charge in [-0.25, -0.2) is 4.39 Å². The first-order valence-corrected chi connectivity index (χ1v) is 6.36. The van der Waals surface area contributed by atoms with E-state index >= 15 is 0 Å². The summed E-state index contributed by atoms with van der Waals surface area (Å²) < 4.78 is 14.9. The molecule has 0 radical (unpaired) electrons. The van der Waals surface area contributed by atoms with Gasteiger partial charge in [-0.15, -0.1) is 0 Å². The van der Waals surface area contributed by atoms with Crippen LogP contribution in [0, 0.1) is 5.82 Å². The number of benzene rings is 1. The number of anilines is 1. The molecule has 19 heavy (non-hydrogen) atoms. The van der Waals surface area contributed by atoms with Crippen molar-refractivity contribution in [3.05, 3.63) is 46.0 Å². The average molecular weight is 304 g/mol. The highest BCUT2D eigenvalue weighted by molar-refractivity contribution is 6.35. The van der Waals surface area contributed by atoms with Gasteiger partial charge in [0.15, 0.2) is 5.82 Å². The lowest BCUT2D eigenvalue weighted by atomic mass is 10.3. The van der Waals surface area contributed by atoms with Crippen molar-refractivity contribution in [2.75, 3.05) is 11.9 Å². The first kappa shape index (κ1) is 14.1. The Morgan fingerprint density at radius 2 is 2.00 bits per heavy atom. The molecule has 0 fully saturated rings. The van der Waals surface area contributed by atoms with Crippen LogP contribution in [-0.4, -0.2) is 21.5 Å². The Morgan fingerprint density at radius 3 is 2.63 bits per heavy atom. The lowest BCUT2D eigenvalue weighted by molar-refractivity contribution is 0.269. The number of hydrogen-bond acceptors (Lipinski definition) is 3. The second kappa shape index (κ2) is 6.23. The molecule has 7 heteroatoms. The van der Waals surface area contributed by atoms with E-state index < -0.39 is 5.82 Å². The van der Waals surface area contributed by atoms with Crippen LogP contribution >= 0.6 is 23.2 Å². The molecule has 1 aromatic carbocycles. The minimum absolute atomic E-state index is 0.0222. The molecule has 2 N–H and O–H groups in total. The SMILES string of the molecule is OCCn1cc(CNc2cc(Cl)c(F)c(Cl)c2)cn1. The molecule has 0 bridgehead atoms. The number of aromatic nitrogens is 2. The second-order valence-electron chi connectivity index (χ2n) is 3.94. The van der Waals surface area contributed by atoms with Gasteiger partial charge in [0.05, 0.1) is 29.4 Å². The smallest absolute Gasteiger partial charge is 0.160 e. The number of rotatable bonds is 5. The summed E-state index contributed by atoms with van der Waals surface area (Å²) >= 11 is 11.4. The Morgan fingerprint density at radius 1 is 1.32 bits per heavy atom. The lowest BCUT2D eigenvalue weighted by Crippen LogP contribution is -2.02. The third-order valence-electron chi connectivity index (χ3n) is 2.50. The fourth-order valence-electron chi connectivity index (χ4n) is 1.58. The Kier molecular flexibility index (Phi) is 4.63. The fourth-order valence-corrected chi connectivity index (χ4v) is 2.07.